The summed E-state index contributed by atoms with van der Waals surface area (Å²) in [7, 11) is 1.67. The zero-order valence-corrected chi connectivity index (χ0v) is 14.6. The van der Waals surface area contributed by atoms with Gasteiger partial charge in [-0.2, -0.15) is 0 Å². The fraction of sp³-hybridized carbons (Fsp3) is 0.136. The molecule has 2 atom stereocenters. The van der Waals surface area contributed by atoms with E-state index in [1.165, 1.54) is 0 Å². The highest BCUT2D eigenvalue weighted by Crippen LogP contribution is 2.32. The first-order valence-corrected chi connectivity index (χ1v) is 8.64. The van der Waals surface area contributed by atoms with Gasteiger partial charge >= 0.3 is 0 Å². The van der Waals surface area contributed by atoms with Crippen molar-refractivity contribution in [2.75, 3.05) is 12.4 Å². The van der Waals surface area contributed by atoms with Gasteiger partial charge in [0.2, 0.25) is 0 Å². The van der Waals surface area contributed by atoms with E-state index in [9.17, 15) is 0 Å². The third kappa shape index (κ3) is 3.19. The molecule has 0 aromatic heterocycles. The summed E-state index contributed by atoms with van der Waals surface area (Å²) in [6, 6.07) is 28.5. The van der Waals surface area contributed by atoms with Crippen LogP contribution < -0.4 is 15.4 Å². The monoisotopic (exact) mass is 343 g/mol. The van der Waals surface area contributed by atoms with Crippen molar-refractivity contribution in [1.82, 2.24) is 5.32 Å². The molecule has 0 amide bonds. The second-order valence-corrected chi connectivity index (χ2v) is 6.26. The summed E-state index contributed by atoms with van der Waals surface area (Å²) in [4.78, 5) is 4.74. The highest BCUT2D eigenvalue weighted by molar-refractivity contribution is 5.79. The van der Waals surface area contributed by atoms with E-state index in [4.69, 9.17) is 9.73 Å². The number of methoxy groups -OCH3 is 1. The highest BCUT2D eigenvalue weighted by atomic mass is 16.5. The lowest BCUT2D eigenvalue weighted by molar-refractivity contribution is 0.414. The number of anilines is 1. The van der Waals surface area contributed by atoms with Crippen molar-refractivity contribution in [3.63, 3.8) is 0 Å². The van der Waals surface area contributed by atoms with Crippen LogP contribution in [0.1, 0.15) is 17.3 Å². The van der Waals surface area contributed by atoms with Crippen LogP contribution in [0.25, 0.3) is 0 Å². The van der Waals surface area contributed by atoms with Gasteiger partial charge in [-0.15, -0.1) is 0 Å². The summed E-state index contributed by atoms with van der Waals surface area (Å²) in [6.07, 6.45) is 1.87. The van der Waals surface area contributed by atoms with E-state index in [2.05, 4.69) is 34.9 Å². The molecule has 4 nitrogen and oxygen atoms in total. The molecule has 4 heteroatoms. The number of hydrogen-bond acceptors (Lipinski definition) is 4. The molecule has 3 aromatic rings. The Hall–Kier alpha value is -3.11. The average Bonchev–Trinajstić information content (AvgIpc) is 3.15. The molecular weight excluding hydrogens is 322 g/mol. The molecule has 1 heterocycles. The van der Waals surface area contributed by atoms with E-state index in [1.807, 2.05) is 66.9 Å². The van der Waals surface area contributed by atoms with Gasteiger partial charge in [0, 0.05) is 11.9 Å². The Morgan fingerprint density at radius 3 is 2.19 bits per heavy atom. The molecule has 26 heavy (non-hydrogen) atoms. The Kier molecular flexibility index (Phi) is 4.42. The van der Waals surface area contributed by atoms with Crippen molar-refractivity contribution in [3.05, 3.63) is 96.1 Å². The van der Waals surface area contributed by atoms with Gasteiger partial charge in [-0.3, -0.25) is 10.3 Å². The zero-order chi connectivity index (χ0) is 17.8. The fourth-order valence-corrected chi connectivity index (χ4v) is 3.18. The van der Waals surface area contributed by atoms with Gasteiger partial charge in [0.25, 0.3) is 0 Å². The first-order valence-electron chi connectivity index (χ1n) is 8.64. The Labute approximate surface area is 153 Å². The number of aliphatic imine (C=N–C) groups is 1. The first-order chi connectivity index (χ1) is 12.8. The molecule has 0 spiro atoms. The standard InChI is InChI=1S/C22H21N3O/c1-26-20-14-12-19(13-15-20)24-22(18-10-6-3-7-11-18)16-23-21(25-22)17-8-4-2-5-9-17/h2-16,21,24-25H,1H3. The van der Waals surface area contributed by atoms with Crippen molar-refractivity contribution in [3.8, 4) is 5.75 Å². The molecule has 0 saturated carbocycles. The highest BCUT2D eigenvalue weighted by Gasteiger charge is 2.37. The van der Waals surface area contributed by atoms with Gasteiger partial charge in [0.05, 0.1) is 7.11 Å². The molecular formula is C22H21N3O. The first kappa shape index (κ1) is 16.4. The average molecular weight is 343 g/mol. The number of rotatable bonds is 5. The summed E-state index contributed by atoms with van der Waals surface area (Å²) in [5, 5.41) is 7.26. The molecule has 2 N–H and O–H groups in total. The number of ether oxygens (including phenoxy) is 1. The van der Waals surface area contributed by atoms with E-state index in [0.717, 1.165) is 22.6 Å². The van der Waals surface area contributed by atoms with Crippen LogP contribution >= 0.6 is 0 Å². The molecule has 0 radical (unpaired) electrons. The van der Waals surface area contributed by atoms with Gasteiger partial charge in [-0.05, 0) is 35.4 Å². The summed E-state index contributed by atoms with van der Waals surface area (Å²) in [6.45, 7) is 0. The van der Waals surface area contributed by atoms with Gasteiger partial charge in [-0.1, -0.05) is 60.7 Å². The van der Waals surface area contributed by atoms with Crippen LogP contribution in [0.4, 0.5) is 5.69 Å². The minimum Gasteiger partial charge on any atom is -0.497 e. The van der Waals surface area contributed by atoms with Gasteiger partial charge in [-0.25, -0.2) is 0 Å². The molecule has 0 aliphatic carbocycles. The van der Waals surface area contributed by atoms with E-state index in [-0.39, 0.29) is 6.17 Å². The number of nitrogens with one attached hydrogen (secondary N) is 2. The predicted octanol–water partition coefficient (Wildman–Crippen LogP) is 4.33. The molecule has 1 aliphatic rings. The van der Waals surface area contributed by atoms with E-state index in [1.54, 1.807) is 7.11 Å². The lowest BCUT2D eigenvalue weighted by Crippen LogP contribution is -2.47. The summed E-state index contributed by atoms with van der Waals surface area (Å²) in [5.74, 6) is 0.833. The molecule has 0 fully saturated rings. The largest absolute Gasteiger partial charge is 0.497 e. The maximum atomic E-state index is 5.25. The van der Waals surface area contributed by atoms with Crippen molar-refractivity contribution in [2.24, 2.45) is 4.99 Å². The van der Waals surface area contributed by atoms with E-state index in [0.29, 0.717) is 0 Å². The number of benzene rings is 3. The van der Waals surface area contributed by atoms with Gasteiger partial charge in [0.15, 0.2) is 5.66 Å². The van der Waals surface area contributed by atoms with Crippen LogP contribution in [0.15, 0.2) is 89.9 Å². The number of nitrogens with zero attached hydrogens (tertiary/aromatic N) is 1. The van der Waals surface area contributed by atoms with Gasteiger partial charge < -0.3 is 10.1 Å². The molecule has 3 aromatic carbocycles. The quantitative estimate of drug-likeness (QED) is 0.725. The predicted molar refractivity (Wildman–Crippen MR) is 106 cm³/mol. The Morgan fingerprint density at radius 1 is 0.885 bits per heavy atom. The molecule has 1 aliphatic heterocycles. The minimum atomic E-state index is -0.573. The lowest BCUT2D eigenvalue weighted by Gasteiger charge is -2.31. The van der Waals surface area contributed by atoms with E-state index < -0.39 is 5.66 Å². The van der Waals surface area contributed by atoms with Crippen LogP contribution in [-0.4, -0.2) is 13.3 Å². The zero-order valence-electron chi connectivity index (χ0n) is 14.6. The van der Waals surface area contributed by atoms with Crippen LogP contribution in [0.5, 0.6) is 5.75 Å². The molecule has 0 bridgehead atoms. The summed E-state index contributed by atoms with van der Waals surface area (Å²) >= 11 is 0. The molecule has 4 rings (SSSR count). The third-order valence-electron chi connectivity index (χ3n) is 4.56. The summed E-state index contributed by atoms with van der Waals surface area (Å²) in [5.41, 5.74) is 2.66. The Bertz CT molecular complexity index is 878. The maximum absolute atomic E-state index is 5.25. The fourth-order valence-electron chi connectivity index (χ4n) is 3.18. The topological polar surface area (TPSA) is 45.6 Å². The van der Waals surface area contributed by atoms with Crippen LogP contribution in [0.3, 0.4) is 0 Å². The minimum absolute atomic E-state index is 0.0952. The SMILES string of the molecule is COc1ccc(NC2(c3ccccc3)C=NC(c3ccccc3)N2)cc1. The van der Waals surface area contributed by atoms with Crippen molar-refractivity contribution in [1.29, 1.82) is 0 Å². The Balaban J connectivity index is 1.67. The number of hydrogen-bond donors (Lipinski definition) is 2. The molecule has 130 valence electrons. The second-order valence-electron chi connectivity index (χ2n) is 6.26. The molecule has 2 unspecified atom stereocenters. The van der Waals surface area contributed by atoms with E-state index >= 15 is 0 Å². The van der Waals surface area contributed by atoms with Crippen molar-refractivity contribution < 1.29 is 4.74 Å². The van der Waals surface area contributed by atoms with Crippen LogP contribution in [-0.2, 0) is 5.66 Å². The summed E-state index contributed by atoms with van der Waals surface area (Å²) < 4.78 is 5.25. The lowest BCUT2D eigenvalue weighted by atomic mass is 10.00. The smallest absolute Gasteiger partial charge is 0.153 e. The Morgan fingerprint density at radius 2 is 1.54 bits per heavy atom. The van der Waals surface area contributed by atoms with Crippen LogP contribution in [0, 0.1) is 0 Å². The van der Waals surface area contributed by atoms with Gasteiger partial charge in [0.1, 0.15) is 11.9 Å². The second kappa shape index (κ2) is 7.02. The molecule has 0 saturated heterocycles. The third-order valence-corrected chi connectivity index (χ3v) is 4.56. The maximum Gasteiger partial charge on any atom is 0.153 e. The van der Waals surface area contributed by atoms with Crippen LogP contribution in [0.2, 0.25) is 0 Å². The van der Waals surface area contributed by atoms with Crippen molar-refractivity contribution >= 4 is 11.9 Å². The normalized spacial score (nSPS) is 21.5. The van der Waals surface area contributed by atoms with Crippen molar-refractivity contribution in [2.45, 2.75) is 11.8 Å².